The van der Waals surface area contributed by atoms with E-state index in [0.29, 0.717) is 23.4 Å². The summed E-state index contributed by atoms with van der Waals surface area (Å²) >= 11 is 0. The molecular weight excluding hydrogens is 424 g/mol. The zero-order chi connectivity index (χ0) is 23.3. The van der Waals surface area contributed by atoms with Crippen LogP contribution in [0.1, 0.15) is 39.1 Å². The Hall–Kier alpha value is -4.19. The Kier molecular flexibility index (Phi) is 6.21. The number of amides is 2. The van der Waals surface area contributed by atoms with Gasteiger partial charge in [0.1, 0.15) is 0 Å². The van der Waals surface area contributed by atoms with Crippen LogP contribution in [0.2, 0.25) is 0 Å². The molecule has 4 aromatic rings. The molecule has 1 aliphatic rings. The van der Waals surface area contributed by atoms with Crippen molar-refractivity contribution < 1.29 is 9.59 Å². The summed E-state index contributed by atoms with van der Waals surface area (Å²) in [5, 5.41) is 8.05. The summed E-state index contributed by atoms with van der Waals surface area (Å²) in [4.78, 5) is 32.5. The third kappa shape index (κ3) is 4.76. The summed E-state index contributed by atoms with van der Waals surface area (Å²) in [7, 11) is 0. The van der Waals surface area contributed by atoms with Crippen LogP contribution in [0, 0.1) is 0 Å². The average molecular weight is 451 g/mol. The molecule has 1 saturated heterocycles. The monoisotopic (exact) mass is 450 g/mol. The normalized spacial score (nSPS) is 13.1. The highest BCUT2D eigenvalue weighted by molar-refractivity contribution is 6.08. The van der Waals surface area contributed by atoms with Gasteiger partial charge < -0.3 is 15.5 Å². The summed E-state index contributed by atoms with van der Waals surface area (Å²) in [5.41, 5.74) is 3.55. The van der Waals surface area contributed by atoms with E-state index >= 15 is 0 Å². The standard InChI is InChI=1S/C28H26N4O2/c33-27(23-10-9-21-7-1-2-8-22(21)16-23)31-24-11-12-26(32-14-3-4-15-32)25(17-24)28(34)30-19-20-6-5-13-29-18-20/h1-2,5-13,16-18H,3-4,14-15,19H2,(H,30,34)(H,31,33). The van der Waals surface area contributed by atoms with Gasteiger partial charge in [0.25, 0.3) is 11.8 Å². The smallest absolute Gasteiger partial charge is 0.255 e. The van der Waals surface area contributed by atoms with Gasteiger partial charge in [-0.3, -0.25) is 14.6 Å². The van der Waals surface area contributed by atoms with Crippen LogP contribution in [0.15, 0.2) is 85.2 Å². The number of carbonyl (C=O) groups is 2. The van der Waals surface area contributed by atoms with Crippen molar-refractivity contribution >= 4 is 34.0 Å². The minimum Gasteiger partial charge on any atom is -0.371 e. The van der Waals surface area contributed by atoms with Gasteiger partial charge in [0.15, 0.2) is 0 Å². The largest absolute Gasteiger partial charge is 0.371 e. The number of carbonyl (C=O) groups excluding carboxylic acids is 2. The summed E-state index contributed by atoms with van der Waals surface area (Å²) in [6.45, 7) is 2.23. The van der Waals surface area contributed by atoms with Crippen molar-refractivity contribution in [2.75, 3.05) is 23.3 Å². The number of nitrogens with zero attached hydrogens (tertiary/aromatic N) is 2. The van der Waals surface area contributed by atoms with Gasteiger partial charge in [-0.25, -0.2) is 0 Å². The van der Waals surface area contributed by atoms with Crippen LogP contribution >= 0.6 is 0 Å². The van der Waals surface area contributed by atoms with Crippen molar-refractivity contribution in [3.8, 4) is 0 Å². The fraction of sp³-hybridized carbons (Fsp3) is 0.179. The van der Waals surface area contributed by atoms with E-state index in [9.17, 15) is 9.59 Å². The lowest BCUT2D eigenvalue weighted by atomic mass is 10.1. The molecule has 6 nitrogen and oxygen atoms in total. The van der Waals surface area contributed by atoms with Gasteiger partial charge in [0, 0.05) is 49.0 Å². The molecule has 0 spiro atoms. The van der Waals surface area contributed by atoms with E-state index in [1.165, 1.54) is 0 Å². The molecule has 1 fully saturated rings. The first kappa shape index (κ1) is 21.6. The quantitative estimate of drug-likeness (QED) is 0.433. The molecule has 0 aliphatic carbocycles. The Morgan fingerprint density at radius 1 is 0.853 bits per heavy atom. The fourth-order valence-corrected chi connectivity index (χ4v) is 4.34. The van der Waals surface area contributed by atoms with E-state index in [-0.39, 0.29) is 11.8 Å². The molecule has 2 amide bonds. The van der Waals surface area contributed by atoms with Crippen LogP contribution < -0.4 is 15.5 Å². The van der Waals surface area contributed by atoms with Crippen LogP contribution in [-0.4, -0.2) is 29.9 Å². The molecule has 0 saturated carbocycles. The number of rotatable bonds is 6. The number of nitrogens with one attached hydrogen (secondary N) is 2. The number of anilines is 2. The highest BCUT2D eigenvalue weighted by Gasteiger charge is 2.20. The number of hydrogen-bond acceptors (Lipinski definition) is 4. The zero-order valence-electron chi connectivity index (χ0n) is 18.8. The Labute approximate surface area is 198 Å². The van der Waals surface area contributed by atoms with E-state index in [2.05, 4.69) is 20.5 Å². The number of pyridine rings is 1. The van der Waals surface area contributed by atoms with E-state index in [1.54, 1.807) is 18.5 Å². The van der Waals surface area contributed by atoms with Crippen LogP contribution in [0.25, 0.3) is 10.8 Å². The van der Waals surface area contributed by atoms with E-state index in [1.807, 2.05) is 66.7 Å². The molecule has 6 heteroatoms. The lowest BCUT2D eigenvalue weighted by Gasteiger charge is -2.22. The topological polar surface area (TPSA) is 74.3 Å². The summed E-state index contributed by atoms with van der Waals surface area (Å²) in [6.07, 6.45) is 5.66. The van der Waals surface area contributed by atoms with E-state index in [0.717, 1.165) is 48.0 Å². The van der Waals surface area contributed by atoms with Crippen LogP contribution in [0.3, 0.4) is 0 Å². The first-order valence-corrected chi connectivity index (χ1v) is 11.5. The van der Waals surface area contributed by atoms with Gasteiger partial charge in [0.2, 0.25) is 0 Å². The first-order valence-electron chi connectivity index (χ1n) is 11.5. The van der Waals surface area contributed by atoms with Crippen LogP contribution in [0.4, 0.5) is 11.4 Å². The Bertz CT molecular complexity index is 1330. The predicted octanol–water partition coefficient (Wildman–Crippen LogP) is 5.02. The summed E-state index contributed by atoms with van der Waals surface area (Å²) in [5.74, 6) is -0.381. The third-order valence-corrected chi connectivity index (χ3v) is 6.13. The summed E-state index contributed by atoms with van der Waals surface area (Å²) in [6, 6.07) is 22.9. The van der Waals surface area contributed by atoms with E-state index in [4.69, 9.17) is 0 Å². The minimum absolute atomic E-state index is 0.174. The molecule has 1 aromatic heterocycles. The molecule has 1 aliphatic heterocycles. The van der Waals surface area contributed by atoms with Crippen molar-refractivity contribution in [3.05, 3.63) is 102 Å². The SMILES string of the molecule is O=C(Nc1ccc(N2CCCC2)c(C(=O)NCc2cccnc2)c1)c1ccc2ccccc2c1. The molecule has 0 radical (unpaired) electrons. The molecule has 3 aromatic carbocycles. The zero-order valence-corrected chi connectivity index (χ0v) is 18.8. The fourth-order valence-electron chi connectivity index (χ4n) is 4.34. The van der Waals surface area contributed by atoms with Crippen LogP contribution in [0.5, 0.6) is 0 Å². The summed E-state index contributed by atoms with van der Waals surface area (Å²) < 4.78 is 0. The molecule has 170 valence electrons. The average Bonchev–Trinajstić information content (AvgIpc) is 3.42. The Morgan fingerprint density at radius 3 is 2.47 bits per heavy atom. The van der Waals surface area contributed by atoms with Crippen molar-refractivity contribution in [1.29, 1.82) is 0 Å². The number of hydrogen-bond donors (Lipinski definition) is 2. The molecule has 34 heavy (non-hydrogen) atoms. The second kappa shape index (κ2) is 9.75. The van der Waals surface area contributed by atoms with Crippen molar-refractivity contribution in [2.45, 2.75) is 19.4 Å². The second-order valence-electron chi connectivity index (χ2n) is 8.49. The van der Waals surface area contributed by atoms with Crippen molar-refractivity contribution in [2.24, 2.45) is 0 Å². The second-order valence-corrected chi connectivity index (χ2v) is 8.49. The maximum Gasteiger partial charge on any atom is 0.255 e. The number of aromatic nitrogens is 1. The highest BCUT2D eigenvalue weighted by atomic mass is 16.2. The minimum atomic E-state index is -0.207. The molecule has 5 rings (SSSR count). The molecule has 0 bridgehead atoms. The van der Waals surface area contributed by atoms with Crippen molar-refractivity contribution in [3.63, 3.8) is 0 Å². The third-order valence-electron chi connectivity index (χ3n) is 6.13. The molecule has 2 heterocycles. The van der Waals surface area contributed by atoms with Gasteiger partial charge in [0.05, 0.1) is 5.56 Å². The maximum absolute atomic E-state index is 13.2. The van der Waals surface area contributed by atoms with Crippen LogP contribution in [-0.2, 0) is 6.54 Å². The Morgan fingerprint density at radius 2 is 1.68 bits per heavy atom. The molecular formula is C28H26N4O2. The number of fused-ring (bicyclic) bond motifs is 1. The van der Waals surface area contributed by atoms with Gasteiger partial charge in [-0.05, 0) is 65.6 Å². The number of benzene rings is 3. The predicted molar refractivity (Wildman–Crippen MR) is 135 cm³/mol. The van der Waals surface area contributed by atoms with Crippen molar-refractivity contribution in [1.82, 2.24) is 10.3 Å². The van der Waals surface area contributed by atoms with Gasteiger partial charge >= 0.3 is 0 Å². The lowest BCUT2D eigenvalue weighted by molar-refractivity contribution is 0.0950. The van der Waals surface area contributed by atoms with E-state index < -0.39 is 0 Å². The maximum atomic E-state index is 13.2. The molecule has 0 unspecified atom stereocenters. The lowest BCUT2D eigenvalue weighted by Crippen LogP contribution is -2.27. The van der Waals surface area contributed by atoms with Gasteiger partial charge in [-0.15, -0.1) is 0 Å². The highest BCUT2D eigenvalue weighted by Crippen LogP contribution is 2.28. The molecule has 2 N–H and O–H groups in total. The van der Waals surface area contributed by atoms with Gasteiger partial charge in [-0.1, -0.05) is 36.4 Å². The Balaban J connectivity index is 1.38. The first-order chi connectivity index (χ1) is 16.7. The molecule has 0 atom stereocenters. The van der Waals surface area contributed by atoms with Gasteiger partial charge in [-0.2, -0.15) is 0 Å².